The summed E-state index contributed by atoms with van der Waals surface area (Å²) >= 11 is 6.13. The summed E-state index contributed by atoms with van der Waals surface area (Å²) in [5.74, 6) is 1.28. The lowest BCUT2D eigenvalue weighted by Gasteiger charge is -2.17. The molecule has 0 fully saturated rings. The molecule has 1 aliphatic rings. The second kappa shape index (κ2) is 9.46. The molecule has 0 unspecified atom stereocenters. The molecular formula is C21H23ClN2O4. The second-order valence-corrected chi connectivity index (χ2v) is 6.85. The number of benzene rings is 2. The third-order valence-electron chi connectivity index (χ3n) is 4.30. The van der Waals surface area contributed by atoms with Crippen LogP contribution in [0.3, 0.4) is 0 Å². The van der Waals surface area contributed by atoms with E-state index in [0.717, 1.165) is 17.0 Å². The zero-order chi connectivity index (χ0) is 19.9. The van der Waals surface area contributed by atoms with Crippen molar-refractivity contribution >= 4 is 34.8 Å². The zero-order valence-corrected chi connectivity index (χ0v) is 16.5. The monoisotopic (exact) mass is 402 g/mol. The van der Waals surface area contributed by atoms with E-state index in [4.69, 9.17) is 21.1 Å². The first-order valence-corrected chi connectivity index (χ1v) is 9.70. The summed E-state index contributed by atoms with van der Waals surface area (Å²) in [6.45, 7) is 2.85. The topological polar surface area (TPSA) is 76.7 Å². The van der Waals surface area contributed by atoms with E-state index >= 15 is 0 Å². The van der Waals surface area contributed by atoms with Crippen molar-refractivity contribution in [3.63, 3.8) is 0 Å². The molecule has 1 heterocycles. The molecule has 2 aromatic carbocycles. The predicted molar refractivity (Wildman–Crippen MR) is 109 cm³/mol. The number of nitrogens with one attached hydrogen (secondary N) is 2. The Balaban J connectivity index is 1.42. The molecule has 148 valence electrons. The molecule has 6 nitrogen and oxygen atoms in total. The van der Waals surface area contributed by atoms with Gasteiger partial charge in [-0.15, -0.1) is 0 Å². The average molecular weight is 403 g/mol. The second-order valence-electron chi connectivity index (χ2n) is 6.45. The normalized spacial score (nSPS) is 12.7. The Bertz CT molecular complexity index is 869. The van der Waals surface area contributed by atoms with Gasteiger partial charge >= 0.3 is 0 Å². The highest BCUT2D eigenvalue weighted by molar-refractivity contribution is 6.32. The Morgan fingerprint density at radius 2 is 2.04 bits per heavy atom. The van der Waals surface area contributed by atoms with Crippen LogP contribution in [0, 0.1) is 0 Å². The molecule has 0 bridgehead atoms. The lowest BCUT2D eigenvalue weighted by Crippen LogP contribution is -2.18. The Hall–Kier alpha value is -2.73. The first-order valence-electron chi connectivity index (χ1n) is 9.33. The number of hydrogen-bond acceptors (Lipinski definition) is 4. The minimum Gasteiger partial charge on any atom is -0.494 e. The van der Waals surface area contributed by atoms with Crippen molar-refractivity contribution < 1.29 is 19.1 Å². The fourth-order valence-corrected chi connectivity index (χ4v) is 3.18. The van der Waals surface area contributed by atoms with Gasteiger partial charge < -0.3 is 20.1 Å². The largest absolute Gasteiger partial charge is 0.494 e. The molecule has 0 radical (unpaired) electrons. The number of hydrogen-bond donors (Lipinski definition) is 2. The third-order valence-corrected chi connectivity index (χ3v) is 4.60. The van der Waals surface area contributed by atoms with E-state index in [1.165, 1.54) is 0 Å². The third kappa shape index (κ3) is 5.39. The van der Waals surface area contributed by atoms with Crippen LogP contribution in [0.15, 0.2) is 36.4 Å². The van der Waals surface area contributed by atoms with Crippen LogP contribution in [0.5, 0.6) is 11.5 Å². The first-order chi connectivity index (χ1) is 13.5. The standard InChI is InChI=1S/C21H23ClN2O4/c1-2-27-19-9-6-15(13-17(19)22)23-20(25)4-3-11-28-16-7-8-18-14(12-16)5-10-21(26)24-18/h6-9,12-13H,2-5,10-11H2,1H3,(H,23,25)(H,24,26). The summed E-state index contributed by atoms with van der Waals surface area (Å²) in [5, 5.41) is 6.13. The van der Waals surface area contributed by atoms with E-state index in [0.29, 0.717) is 55.4 Å². The van der Waals surface area contributed by atoms with Crippen molar-refractivity contribution in [3.05, 3.63) is 47.0 Å². The Morgan fingerprint density at radius 3 is 2.82 bits per heavy atom. The van der Waals surface area contributed by atoms with E-state index in [9.17, 15) is 9.59 Å². The quantitative estimate of drug-likeness (QED) is 0.641. The number of carbonyl (C=O) groups excluding carboxylic acids is 2. The maximum absolute atomic E-state index is 12.1. The van der Waals surface area contributed by atoms with E-state index in [2.05, 4.69) is 10.6 Å². The number of rotatable bonds is 8. The van der Waals surface area contributed by atoms with Gasteiger partial charge in [0.1, 0.15) is 11.5 Å². The van der Waals surface area contributed by atoms with Gasteiger partial charge in [-0.25, -0.2) is 0 Å². The van der Waals surface area contributed by atoms with Crippen LogP contribution in [-0.4, -0.2) is 25.0 Å². The number of carbonyl (C=O) groups is 2. The van der Waals surface area contributed by atoms with Gasteiger partial charge in [0.2, 0.25) is 11.8 Å². The van der Waals surface area contributed by atoms with Gasteiger partial charge in [0.25, 0.3) is 0 Å². The SMILES string of the molecule is CCOc1ccc(NC(=O)CCCOc2ccc3c(c2)CCC(=O)N3)cc1Cl. The van der Waals surface area contributed by atoms with Crippen molar-refractivity contribution in [1.82, 2.24) is 0 Å². The summed E-state index contributed by atoms with van der Waals surface area (Å²) in [6.07, 6.45) is 2.13. The minimum atomic E-state index is -0.100. The van der Waals surface area contributed by atoms with Crippen LogP contribution in [0.4, 0.5) is 11.4 Å². The summed E-state index contributed by atoms with van der Waals surface area (Å²) in [6, 6.07) is 10.8. The van der Waals surface area contributed by atoms with Crippen molar-refractivity contribution in [2.75, 3.05) is 23.8 Å². The van der Waals surface area contributed by atoms with Crippen LogP contribution in [0.1, 0.15) is 31.7 Å². The van der Waals surface area contributed by atoms with Gasteiger partial charge in [-0.2, -0.15) is 0 Å². The molecule has 1 aliphatic heterocycles. The predicted octanol–water partition coefficient (Wildman–Crippen LogP) is 4.42. The van der Waals surface area contributed by atoms with E-state index in [-0.39, 0.29) is 11.8 Å². The summed E-state index contributed by atoms with van der Waals surface area (Å²) in [5.41, 5.74) is 2.55. The smallest absolute Gasteiger partial charge is 0.224 e. The lowest BCUT2D eigenvalue weighted by atomic mass is 10.0. The van der Waals surface area contributed by atoms with Crippen molar-refractivity contribution in [3.8, 4) is 11.5 Å². The fraction of sp³-hybridized carbons (Fsp3) is 0.333. The number of anilines is 2. The molecule has 2 amide bonds. The van der Waals surface area contributed by atoms with Gasteiger partial charge in [-0.3, -0.25) is 9.59 Å². The van der Waals surface area contributed by atoms with Crippen molar-refractivity contribution in [1.29, 1.82) is 0 Å². The molecule has 28 heavy (non-hydrogen) atoms. The van der Waals surface area contributed by atoms with Crippen LogP contribution < -0.4 is 20.1 Å². The Labute approximate surface area is 169 Å². The number of fused-ring (bicyclic) bond motifs is 1. The van der Waals surface area contributed by atoms with Crippen LogP contribution in [0.2, 0.25) is 5.02 Å². The van der Waals surface area contributed by atoms with Crippen LogP contribution >= 0.6 is 11.6 Å². The van der Waals surface area contributed by atoms with Crippen molar-refractivity contribution in [2.24, 2.45) is 0 Å². The molecule has 0 saturated carbocycles. The molecule has 0 saturated heterocycles. The molecule has 0 atom stereocenters. The molecule has 0 spiro atoms. The summed E-state index contributed by atoms with van der Waals surface area (Å²) in [4.78, 5) is 23.5. The molecular weight excluding hydrogens is 380 g/mol. The van der Waals surface area contributed by atoms with Gasteiger partial charge in [-0.1, -0.05) is 11.6 Å². The number of aryl methyl sites for hydroxylation is 1. The van der Waals surface area contributed by atoms with E-state index < -0.39 is 0 Å². The number of halogens is 1. The molecule has 3 rings (SSSR count). The molecule has 0 aliphatic carbocycles. The van der Waals surface area contributed by atoms with Crippen molar-refractivity contribution in [2.45, 2.75) is 32.6 Å². The summed E-state index contributed by atoms with van der Waals surface area (Å²) in [7, 11) is 0. The maximum Gasteiger partial charge on any atom is 0.224 e. The molecule has 7 heteroatoms. The highest BCUT2D eigenvalue weighted by Gasteiger charge is 2.15. The number of ether oxygens (including phenoxy) is 2. The van der Waals surface area contributed by atoms with Crippen LogP contribution in [-0.2, 0) is 16.0 Å². The molecule has 2 aromatic rings. The number of amides is 2. The first kappa shape index (κ1) is 20.0. The van der Waals surface area contributed by atoms with Gasteiger partial charge in [0, 0.05) is 24.2 Å². The van der Waals surface area contributed by atoms with Crippen LogP contribution in [0.25, 0.3) is 0 Å². The molecule has 2 N–H and O–H groups in total. The minimum absolute atomic E-state index is 0.0426. The van der Waals surface area contributed by atoms with Gasteiger partial charge in [0.05, 0.1) is 18.2 Å². The fourth-order valence-electron chi connectivity index (χ4n) is 2.95. The Morgan fingerprint density at radius 1 is 1.18 bits per heavy atom. The molecule has 0 aromatic heterocycles. The van der Waals surface area contributed by atoms with Gasteiger partial charge in [0.15, 0.2) is 0 Å². The van der Waals surface area contributed by atoms with E-state index in [1.807, 2.05) is 25.1 Å². The average Bonchev–Trinajstić information content (AvgIpc) is 2.67. The van der Waals surface area contributed by atoms with E-state index in [1.54, 1.807) is 18.2 Å². The highest BCUT2D eigenvalue weighted by atomic mass is 35.5. The zero-order valence-electron chi connectivity index (χ0n) is 15.7. The summed E-state index contributed by atoms with van der Waals surface area (Å²) < 4.78 is 11.1. The lowest BCUT2D eigenvalue weighted by molar-refractivity contribution is -0.117. The Kier molecular flexibility index (Phi) is 6.76. The highest BCUT2D eigenvalue weighted by Crippen LogP contribution is 2.28. The maximum atomic E-state index is 12.1. The van der Waals surface area contributed by atoms with Gasteiger partial charge in [-0.05, 0) is 61.7 Å².